The lowest BCUT2D eigenvalue weighted by molar-refractivity contribution is -0.385. The van der Waals surface area contributed by atoms with Gasteiger partial charge in [0.05, 0.1) is 4.92 Å². The quantitative estimate of drug-likeness (QED) is 0.598. The number of nitro groups is 1. The number of aromatic nitrogens is 1. The molecule has 0 aliphatic carbocycles. The molecule has 22 heavy (non-hydrogen) atoms. The van der Waals surface area contributed by atoms with Crippen molar-refractivity contribution in [1.29, 1.82) is 0 Å². The minimum atomic E-state index is -0.669. The van der Waals surface area contributed by atoms with E-state index in [4.69, 9.17) is 21.1 Å². The van der Waals surface area contributed by atoms with Crippen LogP contribution in [0.3, 0.4) is 0 Å². The van der Waals surface area contributed by atoms with Crippen molar-refractivity contribution >= 4 is 23.6 Å². The summed E-state index contributed by atoms with van der Waals surface area (Å²) in [5.74, 6) is 0.944. The molecule has 0 aliphatic rings. The Kier molecular flexibility index (Phi) is 4.90. The van der Waals surface area contributed by atoms with E-state index in [1.807, 2.05) is 0 Å². The Morgan fingerprint density at radius 2 is 1.95 bits per heavy atom. The van der Waals surface area contributed by atoms with E-state index in [0.29, 0.717) is 11.5 Å². The van der Waals surface area contributed by atoms with Gasteiger partial charge in [-0.1, -0.05) is 11.6 Å². The molecule has 7 nitrogen and oxygen atoms in total. The molecule has 113 valence electrons. The second-order valence-corrected chi connectivity index (χ2v) is 4.60. The van der Waals surface area contributed by atoms with Gasteiger partial charge < -0.3 is 9.47 Å². The summed E-state index contributed by atoms with van der Waals surface area (Å²) in [7, 11) is 0. The van der Waals surface area contributed by atoms with E-state index in [9.17, 15) is 14.9 Å². The predicted molar refractivity (Wildman–Crippen MR) is 78.2 cm³/mol. The van der Waals surface area contributed by atoms with Crippen LogP contribution < -0.4 is 9.47 Å². The summed E-state index contributed by atoms with van der Waals surface area (Å²) >= 11 is 5.88. The van der Waals surface area contributed by atoms with Crippen LogP contribution in [-0.4, -0.2) is 22.3 Å². The molecule has 1 radical (unpaired) electrons. The number of hydrogen-bond acceptors (Lipinski definition) is 6. The van der Waals surface area contributed by atoms with Crippen LogP contribution in [0, 0.1) is 10.1 Å². The van der Waals surface area contributed by atoms with Crippen LogP contribution in [0.1, 0.15) is 6.92 Å². The van der Waals surface area contributed by atoms with Crippen LogP contribution in [0.4, 0.5) is 5.69 Å². The first kappa shape index (κ1) is 15.7. The van der Waals surface area contributed by atoms with E-state index < -0.39 is 11.0 Å². The summed E-state index contributed by atoms with van der Waals surface area (Å²) in [4.78, 5) is 24.2. The summed E-state index contributed by atoms with van der Waals surface area (Å²) in [6.45, 7) is 1.57. The Labute approximate surface area is 130 Å². The van der Waals surface area contributed by atoms with Gasteiger partial charge in [-0.2, -0.15) is 0 Å². The molecular weight excluding hydrogens is 312 g/mol. The first-order chi connectivity index (χ1) is 10.5. The highest BCUT2D eigenvalue weighted by molar-refractivity contribution is 6.32. The van der Waals surface area contributed by atoms with Crippen molar-refractivity contribution in [1.82, 2.24) is 4.98 Å². The molecule has 2 aromatic rings. The minimum Gasteiger partial charge on any atom is -0.482 e. The fraction of sp³-hybridized carbons (Fsp3) is 0.143. The number of nitrogens with zero attached hydrogens (tertiary/aromatic N) is 2. The van der Waals surface area contributed by atoms with Gasteiger partial charge in [-0.15, -0.1) is 0 Å². The molecule has 2 rings (SSSR count). The molecule has 8 heteroatoms. The van der Waals surface area contributed by atoms with Gasteiger partial charge in [-0.05, 0) is 31.2 Å². The van der Waals surface area contributed by atoms with Crippen LogP contribution in [0.15, 0.2) is 36.5 Å². The standard InChI is InChI=1S/C14H10ClN2O5/c1-9(8-18)21-11-2-4-12(5-3-11)22-14-13(15)6-10(7-16-14)17(19)20/h2-7,9H,1H3. The van der Waals surface area contributed by atoms with E-state index in [-0.39, 0.29) is 16.6 Å². The number of pyridine rings is 1. The zero-order valence-corrected chi connectivity index (χ0v) is 12.1. The largest absolute Gasteiger partial charge is 0.482 e. The van der Waals surface area contributed by atoms with E-state index in [2.05, 4.69) is 4.98 Å². The van der Waals surface area contributed by atoms with Crippen molar-refractivity contribution in [2.24, 2.45) is 0 Å². The monoisotopic (exact) mass is 321 g/mol. The van der Waals surface area contributed by atoms with Gasteiger partial charge in [0, 0.05) is 6.07 Å². The van der Waals surface area contributed by atoms with Crippen molar-refractivity contribution in [3.63, 3.8) is 0 Å². The van der Waals surface area contributed by atoms with Gasteiger partial charge in [-0.25, -0.2) is 4.98 Å². The highest BCUT2D eigenvalue weighted by Crippen LogP contribution is 2.30. The zero-order valence-electron chi connectivity index (χ0n) is 11.4. The third-order valence-corrected chi connectivity index (χ3v) is 2.79. The Bertz CT molecular complexity index is 690. The third kappa shape index (κ3) is 3.92. The minimum absolute atomic E-state index is 0.0266. The fourth-order valence-corrected chi connectivity index (χ4v) is 1.72. The van der Waals surface area contributed by atoms with E-state index >= 15 is 0 Å². The zero-order chi connectivity index (χ0) is 16.1. The van der Waals surface area contributed by atoms with E-state index in [1.165, 1.54) is 0 Å². The normalized spacial score (nSPS) is 11.5. The van der Waals surface area contributed by atoms with Gasteiger partial charge in [0.25, 0.3) is 5.69 Å². The second kappa shape index (κ2) is 6.86. The molecule has 0 fully saturated rings. The Hall–Kier alpha value is -2.67. The molecule has 1 aromatic heterocycles. The Morgan fingerprint density at radius 3 is 2.50 bits per heavy atom. The number of hydrogen-bond donors (Lipinski definition) is 0. The van der Waals surface area contributed by atoms with Crippen molar-refractivity contribution in [3.05, 3.63) is 51.7 Å². The van der Waals surface area contributed by atoms with Gasteiger partial charge in [-0.3, -0.25) is 14.9 Å². The fourth-order valence-electron chi connectivity index (χ4n) is 1.52. The van der Waals surface area contributed by atoms with Crippen LogP contribution in [0.2, 0.25) is 5.02 Å². The highest BCUT2D eigenvalue weighted by Gasteiger charge is 2.12. The van der Waals surface area contributed by atoms with Crippen LogP contribution in [0.5, 0.6) is 17.4 Å². The van der Waals surface area contributed by atoms with E-state index in [0.717, 1.165) is 12.3 Å². The van der Waals surface area contributed by atoms with E-state index in [1.54, 1.807) is 37.5 Å². The van der Waals surface area contributed by atoms with Gasteiger partial charge in [0.1, 0.15) is 22.7 Å². The maximum absolute atomic E-state index is 10.6. The van der Waals surface area contributed by atoms with Crippen molar-refractivity contribution < 1.29 is 19.2 Å². The van der Waals surface area contributed by atoms with Crippen LogP contribution in [0.25, 0.3) is 0 Å². The molecule has 1 heterocycles. The van der Waals surface area contributed by atoms with Crippen molar-refractivity contribution in [2.45, 2.75) is 13.0 Å². The number of benzene rings is 1. The molecule has 0 aliphatic heterocycles. The molecular formula is C14H10ClN2O5. The molecule has 1 unspecified atom stereocenters. The second-order valence-electron chi connectivity index (χ2n) is 4.19. The lowest BCUT2D eigenvalue weighted by atomic mass is 10.3. The summed E-state index contributed by atoms with van der Waals surface area (Å²) in [5, 5.41) is 10.6. The lowest BCUT2D eigenvalue weighted by Gasteiger charge is -2.09. The smallest absolute Gasteiger partial charge is 0.289 e. The molecule has 1 aromatic carbocycles. The molecule has 0 amide bonds. The lowest BCUT2D eigenvalue weighted by Crippen LogP contribution is -2.12. The maximum Gasteiger partial charge on any atom is 0.289 e. The van der Waals surface area contributed by atoms with Gasteiger partial charge >= 0.3 is 0 Å². The average molecular weight is 322 g/mol. The Balaban J connectivity index is 2.11. The summed E-state index contributed by atoms with van der Waals surface area (Å²) in [6, 6.07) is 7.53. The molecule has 0 spiro atoms. The first-order valence-electron chi connectivity index (χ1n) is 6.12. The van der Waals surface area contributed by atoms with Crippen molar-refractivity contribution in [3.8, 4) is 17.4 Å². The number of rotatable bonds is 6. The molecule has 1 atom stereocenters. The number of ether oxygens (including phenoxy) is 2. The first-order valence-corrected chi connectivity index (χ1v) is 6.49. The third-order valence-electron chi connectivity index (χ3n) is 2.52. The SMILES string of the molecule is CC([C]=O)Oc1ccc(Oc2ncc([N+](=O)[O-])cc2Cl)cc1. The maximum atomic E-state index is 10.6. The average Bonchev–Trinajstić information content (AvgIpc) is 2.50. The number of halogens is 1. The van der Waals surface area contributed by atoms with Crippen molar-refractivity contribution in [2.75, 3.05) is 0 Å². The van der Waals surface area contributed by atoms with Crippen LogP contribution >= 0.6 is 11.6 Å². The molecule has 0 N–H and O–H groups in total. The summed E-state index contributed by atoms with van der Waals surface area (Å²) in [6.07, 6.45) is 2.09. The van der Waals surface area contributed by atoms with Gasteiger partial charge in [0.2, 0.25) is 12.2 Å². The van der Waals surface area contributed by atoms with Gasteiger partial charge in [0.15, 0.2) is 6.10 Å². The topological polar surface area (TPSA) is 91.6 Å². The molecule has 0 bridgehead atoms. The predicted octanol–water partition coefficient (Wildman–Crippen LogP) is 3.31. The molecule has 0 saturated carbocycles. The Morgan fingerprint density at radius 1 is 1.32 bits per heavy atom. The molecule has 0 saturated heterocycles. The van der Waals surface area contributed by atoms with Crippen LogP contribution in [-0.2, 0) is 4.79 Å². The summed E-state index contributed by atoms with van der Waals surface area (Å²) in [5.41, 5.74) is -0.222. The summed E-state index contributed by atoms with van der Waals surface area (Å²) < 4.78 is 10.7. The highest BCUT2D eigenvalue weighted by atomic mass is 35.5. The number of carbonyl (C=O) groups excluding carboxylic acids is 1.